The number of hydrogen-bond donors (Lipinski definition) is 2. The molecule has 3 heterocycles. The molecule has 7 heteroatoms. The fourth-order valence-corrected chi connectivity index (χ4v) is 5.25. The zero-order chi connectivity index (χ0) is 23.8. The van der Waals surface area contributed by atoms with Gasteiger partial charge in [-0.3, -0.25) is 14.8 Å². The van der Waals surface area contributed by atoms with Crippen molar-refractivity contribution in [3.8, 4) is 17.3 Å². The van der Waals surface area contributed by atoms with Crippen LogP contribution in [0.2, 0.25) is 0 Å². The van der Waals surface area contributed by atoms with E-state index in [9.17, 15) is 10.1 Å². The average Bonchev–Trinajstić information content (AvgIpc) is 3.41. The van der Waals surface area contributed by atoms with E-state index in [1.165, 1.54) is 0 Å². The first-order valence-corrected chi connectivity index (χ1v) is 11.7. The molecule has 0 radical (unpaired) electrons. The van der Waals surface area contributed by atoms with Crippen molar-refractivity contribution >= 4 is 17.3 Å². The Morgan fingerprint density at radius 3 is 2.46 bits per heavy atom. The van der Waals surface area contributed by atoms with E-state index in [1.54, 1.807) is 6.20 Å². The van der Waals surface area contributed by atoms with E-state index in [1.807, 2.05) is 60.7 Å². The zero-order valence-corrected chi connectivity index (χ0v) is 19.1. The average molecular weight is 461 g/mol. The van der Waals surface area contributed by atoms with Crippen LogP contribution in [0.4, 0.5) is 11.4 Å². The minimum absolute atomic E-state index is 0.0123. The summed E-state index contributed by atoms with van der Waals surface area (Å²) in [7, 11) is 0. The molecular weight excluding hydrogens is 436 g/mol. The summed E-state index contributed by atoms with van der Waals surface area (Å²) in [6.07, 6.45) is 1.71. The van der Waals surface area contributed by atoms with Crippen LogP contribution in [0.5, 0.6) is 0 Å². The molecule has 3 aromatic carbocycles. The molecule has 6 rings (SSSR count). The number of H-pyrrole nitrogens is 1. The second kappa shape index (κ2) is 8.75. The van der Waals surface area contributed by atoms with Gasteiger partial charge in [0.1, 0.15) is 6.07 Å². The summed E-state index contributed by atoms with van der Waals surface area (Å²) in [4.78, 5) is 17.7. The molecule has 2 N–H and O–H groups in total. The minimum atomic E-state index is -0.0646. The van der Waals surface area contributed by atoms with Crippen LogP contribution in [0.1, 0.15) is 33.1 Å². The van der Waals surface area contributed by atoms with Crippen LogP contribution >= 0.6 is 0 Å². The molecule has 0 bridgehead atoms. The Bertz CT molecular complexity index is 1430. The number of aromatic amines is 1. The van der Waals surface area contributed by atoms with E-state index < -0.39 is 0 Å². The summed E-state index contributed by atoms with van der Waals surface area (Å²) in [5, 5.41) is 19.9. The molecule has 1 aromatic heterocycles. The molecule has 35 heavy (non-hydrogen) atoms. The van der Waals surface area contributed by atoms with Gasteiger partial charge in [0.15, 0.2) is 0 Å². The monoisotopic (exact) mass is 460 g/mol. The number of carbonyl (C=O) groups is 1. The number of para-hydroxylation sites is 1. The third-order valence-electron chi connectivity index (χ3n) is 6.95. The number of nitriles is 1. The first kappa shape index (κ1) is 21.1. The minimum Gasteiger partial charge on any atom is -0.368 e. The second-order valence-corrected chi connectivity index (χ2v) is 8.87. The third kappa shape index (κ3) is 3.74. The summed E-state index contributed by atoms with van der Waals surface area (Å²) in [6.45, 7) is 3.21. The number of rotatable bonds is 3. The number of piperazine rings is 1. The Labute approximate surface area is 203 Å². The fraction of sp³-hybridized carbons (Fsp3) is 0.179. The van der Waals surface area contributed by atoms with E-state index in [-0.39, 0.29) is 11.9 Å². The zero-order valence-electron chi connectivity index (χ0n) is 19.1. The largest absolute Gasteiger partial charge is 0.368 e. The lowest BCUT2D eigenvalue weighted by atomic mass is 9.93. The Kier molecular flexibility index (Phi) is 5.28. The van der Waals surface area contributed by atoms with Gasteiger partial charge in [-0.1, -0.05) is 42.5 Å². The number of nitrogens with zero attached hydrogens (tertiary/aromatic N) is 4. The van der Waals surface area contributed by atoms with Crippen molar-refractivity contribution in [2.75, 3.05) is 36.4 Å². The summed E-state index contributed by atoms with van der Waals surface area (Å²) in [5.41, 5.74) is 7.18. The number of hydrogen-bond acceptors (Lipinski definition) is 5. The number of anilines is 2. The van der Waals surface area contributed by atoms with Gasteiger partial charge in [-0.25, -0.2) is 0 Å². The first-order valence-electron chi connectivity index (χ1n) is 11.7. The molecule has 1 amide bonds. The van der Waals surface area contributed by atoms with Gasteiger partial charge in [0.05, 0.1) is 23.0 Å². The number of benzene rings is 3. The SMILES string of the molecule is N#Cc1cc(-c2ccn[nH]2)ccc1N1CCN(C2c3ccccc3NC(=O)c3ccccc32)CC1. The van der Waals surface area contributed by atoms with Crippen LogP contribution in [0.15, 0.2) is 79.0 Å². The predicted molar refractivity (Wildman–Crippen MR) is 135 cm³/mol. The van der Waals surface area contributed by atoms with Crippen molar-refractivity contribution in [1.82, 2.24) is 15.1 Å². The summed E-state index contributed by atoms with van der Waals surface area (Å²) < 4.78 is 0. The summed E-state index contributed by atoms with van der Waals surface area (Å²) >= 11 is 0. The molecule has 0 spiro atoms. The smallest absolute Gasteiger partial charge is 0.256 e. The number of carbonyl (C=O) groups excluding carboxylic acids is 1. The number of aromatic nitrogens is 2. The maximum Gasteiger partial charge on any atom is 0.256 e. The number of fused-ring (bicyclic) bond motifs is 2. The number of amides is 1. The van der Waals surface area contributed by atoms with E-state index >= 15 is 0 Å². The van der Waals surface area contributed by atoms with Gasteiger partial charge >= 0.3 is 0 Å². The lowest BCUT2D eigenvalue weighted by molar-refractivity contribution is 0.102. The highest BCUT2D eigenvalue weighted by molar-refractivity contribution is 6.07. The van der Waals surface area contributed by atoms with E-state index in [4.69, 9.17) is 0 Å². The van der Waals surface area contributed by atoms with Crippen molar-refractivity contribution in [3.63, 3.8) is 0 Å². The van der Waals surface area contributed by atoms with E-state index in [2.05, 4.69) is 43.5 Å². The Hall–Kier alpha value is -4.41. The summed E-state index contributed by atoms with van der Waals surface area (Å²) in [5.74, 6) is -0.0646. The lowest BCUT2D eigenvalue weighted by Gasteiger charge is -2.41. The molecule has 1 unspecified atom stereocenters. The lowest BCUT2D eigenvalue weighted by Crippen LogP contribution is -2.48. The molecule has 1 saturated heterocycles. The maximum atomic E-state index is 12.9. The Balaban J connectivity index is 1.29. The third-order valence-corrected chi connectivity index (χ3v) is 6.95. The second-order valence-electron chi connectivity index (χ2n) is 8.87. The highest BCUT2D eigenvalue weighted by Gasteiger charge is 2.33. The van der Waals surface area contributed by atoms with E-state index in [0.29, 0.717) is 5.56 Å². The molecule has 1 atom stereocenters. The molecule has 7 nitrogen and oxygen atoms in total. The van der Waals surface area contributed by atoms with E-state index in [0.717, 1.165) is 65.5 Å². The molecule has 2 aliphatic rings. The molecule has 0 aliphatic carbocycles. The fourth-order valence-electron chi connectivity index (χ4n) is 5.25. The highest BCUT2D eigenvalue weighted by atomic mass is 16.1. The van der Waals surface area contributed by atoms with Gasteiger partial charge in [0.25, 0.3) is 5.91 Å². The van der Waals surface area contributed by atoms with Gasteiger partial charge < -0.3 is 10.2 Å². The molecule has 0 saturated carbocycles. The van der Waals surface area contributed by atoms with Gasteiger partial charge in [0.2, 0.25) is 0 Å². The topological polar surface area (TPSA) is 88.1 Å². The standard InChI is InChI=1S/C28H24N6O/c29-18-20-17-19(24-11-12-30-32-24)9-10-26(20)33-13-15-34(16-14-33)27-21-5-1-2-6-22(21)28(35)31-25-8-4-3-7-23(25)27/h1-12,17,27H,13-16H2,(H,30,32)(H,31,35). The van der Waals surface area contributed by atoms with Crippen LogP contribution < -0.4 is 10.2 Å². The predicted octanol–water partition coefficient (Wildman–Crippen LogP) is 4.43. The number of nitrogens with one attached hydrogen (secondary N) is 2. The van der Waals surface area contributed by atoms with Crippen molar-refractivity contribution in [2.24, 2.45) is 0 Å². The van der Waals surface area contributed by atoms with Crippen LogP contribution in [0, 0.1) is 11.3 Å². The van der Waals surface area contributed by atoms with Gasteiger partial charge in [-0.15, -0.1) is 0 Å². The molecule has 172 valence electrons. The first-order chi connectivity index (χ1) is 17.2. The van der Waals surface area contributed by atoms with Crippen LogP contribution in [0.25, 0.3) is 11.3 Å². The Morgan fingerprint density at radius 1 is 0.914 bits per heavy atom. The molecule has 4 aromatic rings. The van der Waals surface area contributed by atoms with Crippen molar-refractivity contribution in [3.05, 3.63) is 101 Å². The maximum absolute atomic E-state index is 12.9. The van der Waals surface area contributed by atoms with Gasteiger partial charge in [0, 0.05) is 49.2 Å². The van der Waals surface area contributed by atoms with Gasteiger partial charge in [-0.05, 0) is 41.5 Å². The van der Waals surface area contributed by atoms with Crippen molar-refractivity contribution in [2.45, 2.75) is 6.04 Å². The van der Waals surface area contributed by atoms with Gasteiger partial charge in [-0.2, -0.15) is 10.4 Å². The van der Waals surface area contributed by atoms with Crippen molar-refractivity contribution in [1.29, 1.82) is 5.26 Å². The van der Waals surface area contributed by atoms with Crippen LogP contribution in [-0.2, 0) is 0 Å². The van der Waals surface area contributed by atoms with Crippen LogP contribution in [-0.4, -0.2) is 47.2 Å². The van der Waals surface area contributed by atoms with Crippen molar-refractivity contribution < 1.29 is 4.79 Å². The molecule has 2 aliphatic heterocycles. The molecule has 1 fully saturated rings. The van der Waals surface area contributed by atoms with Crippen LogP contribution in [0.3, 0.4) is 0 Å². The highest BCUT2D eigenvalue weighted by Crippen LogP contribution is 2.39. The summed E-state index contributed by atoms with van der Waals surface area (Å²) in [6, 6.07) is 26.2. The quantitative estimate of drug-likeness (QED) is 0.472. The normalized spacial score (nSPS) is 17.6. The molecular formula is C28H24N6O. The Morgan fingerprint density at radius 2 is 1.69 bits per heavy atom.